The topological polar surface area (TPSA) is 105 Å². The van der Waals surface area contributed by atoms with Crippen molar-refractivity contribution in [3.8, 4) is 0 Å². The summed E-state index contributed by atoms with van der Waals surface area (Å²) < 4.78 is 0. The molecule has 1 unspecified atom stereocenters. The number of carbonyl (C=O) groups excluding carboxylic acids is 3. The lowest BCUT2D eigenvalue weighted by molar-refractivity contribution is -0.145. The van der Waals surface area contributed by atoms with Gasteiger partial charge in [-0.05, 0) is 0 Å². The molecule has 0 aliphatic heterocycles. The Balaban J connectivity index is 4.29. The van der Waals surface area contributed by atoms with Gasteiger partial charge in [-0.2, -0.15) is 0 Å². The minimum absolute atomic E-state index is 0.0290. The van der Waals surface area contributed by atoms with Crippen LogP contribution in [0, 0.1) is 5.92 Å². The Kier molecular flexibility index (Phi) is 6.88. The quantitative estimate of drug-likeness (QED) is 0.406. The fourth-order valence-corrected chi connectivity index (χ4v) is 1.31. The Bertz CT molecular complexity index is 359. The lowest BCUT2D eigenvalue weighted by Crippen LogP contribution is -2.46. The molecule has 0 saturated carbocycles. The number of nitrogens with two attached hydrogens (primary N) is 1. The van der Waals surface area contributed by atoms with Crippen LogP contribution >= 0.6 is 12.2 Å². The second-order valence-electron chi connectivity index (χ2n) is 3.85. The number of amides is 3. The van der Waals surface area contributed by atoms with E-state index in [2.05, 4.69) is 22.9 Å². The van der Waals surface area contributed by atoms with E-state index in [1.54, 1.807) is 6.92 Å². The summed E-state index contributed by atoms with van der Waals surface area (Å²) in [5, 5.41) is 4.75. The van der Waals surface area contributed by atoms with E-state index in [0.29, 0.717) is 0 Å². The van der Waals surface area contributed by atoms with Gasteiger partial charge in [0.1, 0.15) is 0 Å². The van der Waals surface area contributed by atoms with E-state index < -0.39 is 17.7 Å². The molecule has 0 aromatic rings. The van der Waals surface area contributed by atoms with Crippen molar-refractivity contribution in [1.29, 1.82) is 0 Å². The minimum Gasteiger partial charge on any atom is -0.392 e. The zero-order valence-electron chi connectivity index (χ0n) is 10.6. The van der Waals surface area contributed by atoms with Gasteiger partial charge in [0.15, 0.2) is 0 Å². The van der Waals surface area contributed by atoms with Gasteiger partial charge >= 0.3 is 11.8 Å². The first-order chi connectivity index (χ1) is 8.29. The van der Waals surface area contributed by atoms with Gasteiger partial charge in [-0.25, -0.2) is 0 Å². The monoisotopic (exact) mass is 274 g/mol. The highest BCUT2D eigenvalue weighted by Crippen LogP contribution is 1.98. The summed E-state index contributed by atoms with van der Waals surface area (Å²) >= 11 is 4.57. The summed E-state index contributed by atoms with van der Waals surface area (Å²) in [6, 6.07) is 0. The second kappa shape index (κ2) is 7.59. The number of nitrogens with zero attached hydrogens (tertiary/aromatic N) is 1. The summed E-state index contributed by atoms with van der Waals surface area (Å²) in [6.45, 7) is 1.78. The number of rotatable bonds is 5. The van der Waals surface area contributed by atoms with Gasteiger partial charge in [0.25, 0.3) is 0 Å². The van der Waals surface area contributed by atoms with Crippen molar-refractivity contribution < 1.29 is 14.4 Å². The predicted octanol–water partition coefficient (Wildman–Crippen LogP) is -1.77. The first-order valence-corrected chi connectivity index (χ1v) is 5.73. The van der Waals surface area contributed by atoms with Crippen molar-refractivity contribution >= 4 is 34.9 Å². The third-order valence-electron chi connectivity index (χ3n) is 2.21. The van der Waals surface area contributed by atoms with Crippen molar-refractivity contribution in [3.05, 3.63) is 0 Å². The molecular formula is C10H18N4O3S. The standard InChI is InChI=1S/C10H18N4O3S/c1-6(8(15)12-2)5-14(3)10(17)9(16)13-4-7(11)18/h6H,4-5H2,1-3H3,(H2,11,18)(H,12,15)(H,13,16). The molecule has 0 bridgehead atoms. The molecule has 0 radical (unpaired) electrons. The minimum atomic E-state index is -0.797. The van der Waals surface area contributed by atoms with Crippen LogP contribution < -0.4 is 16.4 Å². The summed E-state index contributed by atoms with van der Waals surface area (Å²) in [5.41, 5.74) is 5.19. The van der Waals surface area contributed by atoms with E-state index >= 15 is 0 Å². The highest BCUT2D eigenvalue weighted by Gasteiger charge is 2.22. The van der Waals surface area contributed by atoms with E-state index in [-0.39, 0.29) is 24.0 Å². The van der Waals surface area contributed by atoms with E-state index in [9.17, 15) is 14.4 Å². The Morgan fingerprint density at radius 2 is 1.94 bits per heavy atom. The van der Waals surface area contributed by atoms with Crippen LogP contribution in [-0.2, 0) is 14.4 Å². The summed E-state index contributed by atoms with van der Waals surface area (Å²) in [5.74, 6) is -2.12. The maximum Gasteiger partial charge on any atom is 0.311 e. The molecule has 4 N–H and O–H groups in total. The van der Waals surface area contributed by atoms with Gasteiger partial charge in [-0.15, -0.1) is 0 Å². The molecule has 0 aliphatic rings. The average molecular weight is 274 g/mol. The normalized spacial score (nSPS) is 11.3. The average Bonchev–Trinajstić information content (AvgIpc) is 2.33. The molecule has 3 amide bonds. The molecule has 1 atom stereocenters. The van der Waals surface area contributed by atoms with Crippen molar-refractivity contribution in [2.45, 2.75) is 6.92 Å². The lowest BCUT2D eigenvalue weighted by Gasteiger charge is -2.20. The van der Waals surface area contributed by atoms with Gasteiger partial charge in [0, 0.05) is 20.6 Å². The molecule has 0 fully saturated rings. The largest absolute Gasteiger partial charge is 0.392 e. The van der Waals surface area contributed by atoms with Crippen LogP contribution in [0.4, 0.5) is 0 Å². The van der Waals surface area contributed by atoms with Crippen LogP contribution in [0.5, 0.6) is 0 Å². The predicted molar refractivity (Wildman–Crippen MR) is 70.7 cm³/mol. The first kappa shape index (κ1) is 16.3. The molecule has 0 aromatic carbocycles. The SMILES string of the molecule is CNC(=O)C(C)CN(C)C(=O)C(=O)NCC(N)=S. The summed E-state index contributed by atoms with van der Waals surface area (Å²) in [4.78, 5) is 35.5. The van der Waals surface area contributed by atoms with Crippen molar-refractivity contribution in [2.75, 3.05) is 27.2 Å². The highest BCUT2D eigenvalue weighted by molar-refractivity contribution is 7.80. The van der Waals surface area contributed by atoms with Gasteiger partial charge < -0.3 is 21.3 Å². The zero-order chi connectivity index (χ0) is 14.3. The lowest BCUT2D eigenvalue weighted by atomic mass is 10.1. The van der Waals surface area contributed by atoms with E-state index in [4.69, 9.17) is 5.73 Å². The fraction of sp³-hybridized carbons (Fsp3) is 0.600. The Morgan fingerprint density at radius 3 is 2.39 bits per heavy atom. The molecule has 0 spiro atoms. The molecule has 0 heterocycles. The number of hydrogen-bond acceptors (Lipinski definition) is 4. The van der Waals surface area contributed by atoms with Crippen LogP contribution in [-0.4, -0.2) is 54.8 Å². The Labute approximate surface area is 111 Å². The first-order valence-electron chi connectivity index (χ1n) is 5.32. The van der Waals surface area contributed by atoms with Crippen LogP contribution in [0.3, 0.4) is 0 Å². The van der Waals surface area contributed by atoms with Crippen LogP contribution in [0.2, 0.25) is 0 Å². The molecule has 8 heteroatoms. The van der Waals surface area contributed by atoms with Crippen molar-refractivity contribution in [3.63, 3.8) is 0 Å². The Hall–Kier alpha value is -1.70. The van der Waals surface area contributed by atoms with Crippen LogP contribution in [0.1, 0.15) is 6.92 Å². The molecular weight excluding hydrogens is 256 g/mol. The molecule has 0 rings (SSSR count). The van der Waals surface area contributed by atoms with Gasteiger partial charge in [-0.1, -0.05) is 19.1 Å². The number of nitrogens with one attached hydrogen (secondary N) is 2. The molecule has 18 heavy (non-hydrogen) atoms. The molecule has 7 nitrogen and oxygen atoms in total. The second-order valence-corrected chi connectivity index (χ2v) is 4.37. The number of carbonyl (C=O) groups is 3. The highest BCUT2D eigenvalue weighted by atomic mass is 32.1. The molecule has 0 aliphatic carbocycles. The maximum absolute atomic E-state index is 11.6. The summed E-state index contributed by atoms with van der Waals surface area (Å²) in [7, 11) is 2.96. The molecule has 0 aromatic heterocycles. The van der Waals surface area contributed by atoms with Crippen LogP contribution in [0.15, 0.2) is 0 Å². The Morgan fingerprint density at radius 1 is 1.39 bits per heavy atom. The third kappa shape index (κ3) is 5.58. The van der Waals surface area contributed by atoms with Crippen LogP contribution in [0.25, 0.3) is 0 Å². The zero-order valence-corrected chi connectivity index (χ0v) is 11.5. The van der Waals surface area contributed by atoms with E-state index in [1.807, 2.05) is 0 Å². The number of likely N-dealkylation sites (N-methyl/N-ethyl adjacent to an activating group) is 1. The van der Waals surface area contributed by atoms with Gasteiger partial charge in [0.2, 0.25) is 5.91 Å². The maximum atomic E-state index is 11.6. The fourth-order valence-electron chi connectivity index (χ4n) is 1.24. The van der Waals surface area contributed by atoms with Crippen molar-refractivity contribution in [2.24, 2.45) is 11.7 Å². The van der Waals surface area contributed by atoms with Gasteiger partial charge in [-0.3, -0.25) is 14.4 Å². The molecule has 0 saturated heterocycles. The van der Waals surface area contributed by atoms with Gasteiger partial charge in [0.05, 0.1) is 17.5 Å². The van der Waals surface area contributed by atoms with E-state index in [0.717, 1.165) is 0 Å². The van der Waals surface area contributed by atoms with E-state index in [1.165, 1.54) is 19.0 Å². The summed E-state index contributed by atoms with van der Waals surface area (Å²) in [6.07, 6.45) is 0. The number of hydrogen-bond donors (Lipinski definition) is 3. The number of thiocarbonyl (C=S) groups is 1. The molecule has 102 valence electrons. The van der Waals surface area contributed by atoms with Crippen molar-refractivity contribution in [1.82, 2.24) is 15.5 Å². The smallest absolute Gasteiger partial charge is 0.311 e. The third-order valence-corrected chi connectivity index (χ3v) is 2.35.